The van der Waals surface area contributed by atoms with Crippen molar-refractivity contribution in [3.8, 4) is 5.75 Å². The van der Waals surface area contributed by atoms with Crippen LogP contribution < -0.4 is 10.6 Å². The van der Waals surface area contributed by atoms with Crippen molar-refractivity contribution >= 4 is 17.7 Å². The second kappa shape index (κ2) is 7.20. The molecule has 22 heavy (non-hydrogen) atoms. The van der Waals surface area contributed by atoms with Crippen LogP contribution in [0.5, 0.6) is 5.75 Å². The van der Waals surface area contributed by atoms with Crippen molar-refractivity contribution < 1.29 is 14.6 Å². The number of phenols is 1. The van der Waals surface area contributed by atoms with E-state index in [1.54, 1.807) is 18.2 Å². The van der Waals surface area contributed by atoms with Crippen LogP contribution in [-0.2, 0) is 11.3 Å². The number of amides is 1. The number of ether oxygens (including phenoxy) is 1. The standard InChI is InChI=1S/C16H25ClN2O3/c1-15(2,3)22-14(21)19-16(4,5)10-18-9-11-7-6-8-12(17)13(11)20/h6-8,18,20H,9-10H2,1-5H3,(H,19,21). The van der Waals surface area contributed by atoms with E-state index in [2.05, 4.69) is 10.6 Å². The second-order valence-corrected chi connectivity index (χ2v) is 7.27. The molecule has 1 amide bonds. The summed E-state index contributed by atoms with van der Waals surface area (Å²) in [5, 5.41) is 16.2. The first-order valence-electron chi connectivity index (χ1n) is 7.18. The normalized spacial score (nSPS) is 12.1. The summed E-state index contributed by atoms with van der Waals surface area (Å²) in [6.07, 6.45) is -0.454. The molecule has 0 heterocycles. The zero-order chi connectivity index (χ0) is 17.0. The molecular weight excluding hydrogens is 304 g/mol. The number of halogens is 1. The molecule has 124 valence electrons. The van der Waals surface area contributed by atoms with Gasteiger partial charge < -0.3 is 20.5 Å². The number of benzene rings is 1. The smallest absolute Gasteiger partial charge is 0.408 e. The third kappa shape index (κ3) is 6.54. The minimum atomic E-state index is -0.528. The van der Waals surface area contributed by atoms with E-state index < -0.39 is 17.2 Å². The van der Waals surface area contributed by atoms with Crippen molar-refractivity contribution in [2.24, 2.45) is 0 Å². The zero-order valence-electron chi connectivity index (χ0n) is 13.8. The van der Waals surface area contributed by atoms with E-state index in [0.29, 0.717) is 23.7 Å². The number of hydrogen-bond acceptors (Lipinski definition) is 4. The van der Waals surface area contributed by atoms with Crippen LogP contribution in [0.3, 0.4) is 0 Å². The Morgan fingerprint density at radius 1 is 1.27 bits per heavy atom. The maximum absolute atomic E-state index is 11.8. The lowest BCUT2D eigenvalue weighted by molar-refractivity contribution is 0.0472. The predicted octanol–water partition coefficient (Wildman–Crippen LogP) is 3.44. The maximum atomic E-state index is 11.8. The first-order valence-corrected chi connectivity index (χ1v) is 7.56. The second-order valence-electron chi connectivity index (χ2n) is 6.86. The van der Waals surface area contributed by atoms with E-state index in [1.165, 1.54) is 0 Å². The average Bonchev–Trinajstić information content (AvgIpc) is 2.31. The monoisotopic (exact) mass is 328 g/mol. The molecule has 0 aliphatic heterocycles. The van der Waals surface area contributed by atoms with E-state index in [1.807, 2.05) is 34.6 Å². The van der Waals surface area contributed by atoms with E-state index in [-0.39, 0.29) is 5.75 Å². The molecule has 0 unspecified atom stereocenters. The summed E-state index contributed by atoms with van der Waals surface area (Å²) in [6, 6.07) is 5.21. The Labute approximate surface area is 137 Å². The summed E-state index contributed by atoms with van der Waals surface area (Å²) in [5.74, 6) is 0.0783. The number of carbonyl (C=O) groups excluding carboxylic acids is 1. The molecule has 0 aromatic heterocycles. The molecule has 1 aromatic rings. The molecular formula is C16H25ClN2O3. The molecule has 0 radical (unpaired) electrons. The number of hydrogen-bond donors (Lipinski definition) is 3. The first kappa shape index (κ1) is 18.6. The van der Waals surface area contributed by atoms with Gasteiger partial charge in [-0.2, -0.15) is 0 Å². The lowest BCUT2D eigenvalue weighted by atomic mass is 10.1. The Hall–Kier alpha value is -1.46. The Bertz CT molecular complexity index is 525. The van der Waals surface area contributed by atoms with Gasteiger partial charge in [0.1, 0.15) is 11.4 Å². The molecule has 6 heteroatoms. The van der Waals surface area contributed by atoms with E-state index in [4.69, 9.17) is 16.3 Å². The Balaban J connectivity index is 2.49. The van der Waals surface area contributed by atoms with Crippen LogP contribution in [0.2, 0.25) is 5.02 Å². The van der Waals surface area contributed by atoms with Crippen molar-refractivity contribution in [3.63, 3.8) is 0 Å². The van der Waals surface area contributed by atoms with E-state index >= 15 is 0 Å². The van der Waals surface area contributed by atoms with Gasteiger partial charge in [0.2, 0.25) is 0 Å². The number of carbonyl (C=O) groups is 1. The molecule has 0 fully saturated rings. The Morgan fingerprint density at radius 2 is 1.91 bits per heavy atom. The van der Waals surface area contributed by atoms with Gasteiger partial charge >= 0.3 is 6.09 Å². The number of alkyl carbamates (subject to hydrolysis) is 1. The molecule has 0 bridgehead atoms. The number of rotatable bonds is 5. The minimum Gasteiger partial charge on any atom is -0.506 e. The van der Waals surface area contributed by atoms with Gasteiger partial charge in [-0.3, -0.25) is 0 Å². The largest absolute Gasteiger partial charge is 0.506 e. The number of para-hydroxylation sites is 1. The van der Waals surface area contributed by atoms with Gasteiger partial charge in [0.25, 0.3) is 0 Å². The predicted molar refractivity (Wildman–Crippen MR) is 88.3 cm³/mol. The maximum Gasteiger partial charge on any atom is 0.408 e. The summed E-state index contributed by atoms with van der Waals surface area (Å²) in [5.41, 5.74) is -0.308. The van der Waals surface area contributed by atoms with Crippen LogP contribution in [-0.4, -0.2) is 28.9 Å². The highest BCUT2D eigenvalue weighted by Crippen LogP contribution is 2.26. The van der Waals surface area contributed by atoms with Gasteiger partial charge in [-0.15, -0.1) is 0 Å². The fourth-order valence-corrected chi connectivity index (χ4v) is 2.03. The molecule has 1 aromatic carbocycles. The van der Waals surface area contributed by atoms with Crippen LogP contribution in [0, 0.1) is 0 Å². The molecule has 0 saturated carbocycles. The van der Waals surface area contributed by atoms with Crippen molar-refractivity contribution in [1.82, 2.24) is 10.6 Å². The van der Waals surface area contributed by atoms with Crippen molar-refractivity contribution in [2.45, 2.75) is 52.3 Å². The van der Waals surface area contributed by atoms with Gasteiger partial charge in [-0.25, -0.2) is 4.79 Å². The SMILES string of the molecule is CC(C)(CNCc1cccc(Cl)c1O)NC(=O)OC(C)(C)C. The summed E-state index contributed by atoms with van der Waals surface area (Å²) < 4.78 is 5.24. The van der Waals surface area contributed by atoms with Gasteiger partial charge in [-0.1, -0.05) is 23.7 Å². The summed E-state index contributed by atoms with van der Waals surface area (Å²) in [6.45, 7) is 10.2. The number of aromatic hydroxyl groups is 1. The summed E-state index contributed by atoms with van der Waals surface area (Å²) >= 11 is 5.86. The average molecular weight is 329 g/mol. The van der Waals surface area contributed by atoms with Crippen molar-refractivity contribution in [2.75, 3.05) is 6.54 Å². The molecule has 0 aliphatic carbocycles. The molecule has 0 atom stereocenters. The van der Waals surface area contributed by atoms with Crippen LogP contribution in [0.1, 0.15) is 40.2 Å². The number of nitrogens with one attached hydrogen (secondary N) is 2. The third-order valence-corrected chi connectivity index (χ3v) is 3.10. The lowest BCUT2D eigenvalue weighted by Gasteiger charge is -2.29. The molecule has 5 nitrogen and oxygen atoms in total. The topological polar surface area (TPSA) is 70.6 Å². The summed E-state index contributed by atoms with van der Waals surface area (Å²) in [7, 11) is 0. The van der Waals surface area contributed by atoms with Crippen LogP contribution in [0.25, 0.3) is 0 Å². The van der Waals surface area contributed by atoms with Crippen LogP contribution in [0.15, 0.2) is 18.2 Å². The molecule has 1 rings (SSSR count). The highest BCUT2D eigenvalue weighted by molar-refractivity contribution is 6.32. The van der Waals surface area contributed by atoms with Gasteiger partial charge in [0.05, 0.1) is 10.6 Å². The zero-order valence-corrected chi connectivity index (χ0v) is 14.5. The Morgan fingerprint density at radius 3 is 2.50 bits per heavy atom. The quantitative estimate of drug-likeness (QED) is 0.774. The van der Waals surface area contributed by atoms with Gasteiger partial charge in [0, 0.05) is 18.7 Å². The van der Waals surface area contributed by atoms with E-state index in [9.17, 15) is 9.90 Å². The highest BCUT2D eigenvalue weighted by Gasteiger charge is 2.24. The van der Waals surface area contributed by atoms with Crippen LogP contribution in [0.4, 0.5) is 4.79 Å². The minimum absolute atomic E-state index is 0.0783. The van der Waals surface area contributed by atoms with Crippen molar-refractivity contribution in [1.29, 1.82) is 0 Å². The van der Waals surface area contributed by atoms with Crippen molar-refractivity contribution in [3.05, 3.63) is 28.8 Å². The Kier molecular flexibility index (Phi) is 6.08. The van der Waals surface area contributed by atoms with Gasteiger partial charge in [0.15, 0.2) is 0 Å². The fraction of sp³-hybridized carbons (Fsp3) is 0.562. The lowest BCUT2D eigenvalue weighted by Crippen LogP contribution is -2.51. The molecule has 0 aliphatic rings. The molecule has 0 spiro atoms. The fourth-order valence-electron chi connectivity index (χ4n) is 1.84. The highest BCUT2D eigenvalue weighted by atomic mass is 35.5. The molecule has 0 saturated heterocycles. The molecule has 3 N–H and O–H groups in total. The van der Waals surface area contributed by atoms with E-state index in [0.717, 1.165) is 0 Å². The third-order valence-electron chi connectivity index (χ3n) is 2.79. The van der Waals surface area contributed by atoms with Crippen LogP contribution >= 0.6 is 11.6 Å². The summed E-state index contributed by atoms with van der Waals surface area (Å²) in [4.78, 5) is 11.8. The number of phenolic OH excluding ortho intramolecular Hbond substituents is 1. The first-order chi connectivity index (χ1) is 10.0. The van der Waals surface area contributed by atoms with Gasteiger partial charge in [-0.05, 0) is 40.7 Å².